The second-order valence-electron chi connectivity index (χ2n) is 3.99. The zero-order valence-electron chi connectivity index (χ0n) is 10.1. The van der Waals surface area contributed by atoms with Gasteiger partial charge in [0.25, 0.3) is 0 Å². The molecule has 0 saturated heterocycles. The maximum atomic E-state index is 4.35. The molecule has 1 N–H and O–H groups in total. The molecule has 0 aliphatic heterocycles. The summed E-state index contributed by atoms with van der Waals surface area (Å²) < 4.78 is 2.13. The third-order valence-corrected chi connectivity index (χ3v) is 2.65. The first-order valence-corrected chi connectivity index (χ1v) is 5.98. The molecular weight excluding hydrogens is 212 g/mol. The fourth-order valence-electron chi connectivity index (χ4n) is 1.68. The molecular formula is C13H18N4. The van der Waals surface area contributed by atoms with Crippen LogP contribution in [0.15, 0.2) is 37.1 Å². The van der Waals surface area contributed by atoms with Gasteiger partial charge in [0.05, 0.1) is 12.0 Å². The van der Waals surface area contributed by atoms with Gasteiger partial charge in [-0.1, -0.05) is 6.92 Å². The summed E-state index contributed by atoms with van der Waals surface area (Å²) in [6.07, 6.45) is 8.68. The van der Waals surface area contributed by atoms with E-state index in [2.05, 4.69) is 45.1 Å². The minimum absolute atomic E-state index is 0.846. The van der Waals surface area contributed by atoms with Crippen LogP contribution in [-0.4, -0.2) is 21.1 Å². The number of aryl methyl sites for hydroxylation is 2. The number of hydrogen-bond donors (Lipinski definition) is 1. The summed E-state index contributed by atoms with van der Waals surface area (Å²) in [6, 6.07) is 4.10. The van der Waals surface area contributed by atoms with Crippen LogP contribution in [0.2, 0.25) is 0 Å². The van der Waals surface area contributed by atoms with Crippen molar-refractivity contribution in [2.75, 3.05) is 6.54 Å². The fraction of sp³-hybridized carbons (Fsp3) is 0.385. The smallest absolute Gasteiger partial charge is 0.0950 e. The first kappa shape index (κ1) is 11.8. The molecule has 0 radical (unpaired) electrons. The molecule has 17 heavy (non-hydrogen) atoms. The standard InChI is InChI=1S/C13H18N4/c1-2-14-9-13-10-17(11-16-13)8-5-12-3-6-15-7-4-12/h3-4,6-7,10-11,14H,2,5,8-9H2,1H3. The Balaban J connectivity index is 1.85. The summed E-state index contributed by atoms with van der Waals surface area (Å²) in [5.74, 6) is 0. The summed E-state index contributed by atoms with van der Waals surface area (Å²) in [4.78, 5) is 8.36. The van der Waals surface area contributed by atoms with Gasteiger partial charge in [-0.15, -0.1) is 0 Å². The Bertz CT molecular complexity index is 436. The van der Waals surface area contributed by atoms with Crippen molar-refractivity contribution in [1.29, 1.82) is 0 Å². The Morgan fingerprint density at radius 1 is 1.29 bits per heavy atom. The van der Waals surface area contributed by atoms with Gasteiger partial charge >= 0.3 is 0 Å². The number of pyridine rings is 1. The lowest BCUT2D eigenvalue weighted by molar-refractivity contribution is 0.688. The molecule has 0 unspecified atom stereocenters. The second-order valence-corrected chi connectivity index (χ2v) is 3.99. The lowest BCUT2D eigenvalue weighted by Crippen LogP contribution is -2.11. The lowest BCUT2D eigenvalue weighted by Gasteiger charge is -2.01. The number of imidazole rings is 1. The first-order chi connectivity index (χ1) is 8.38. The van der Waals surface area contributed by atoms with Crippen LogP contribution in [0.3, 0.4) is 0 Å². The van der Waals surface area contributed by atoms with Gasteiger partial charge in [-0.3, -0.25) is 4.98 Å². The second kappa shape index (κ2) is 6.15. The Morgan fingerprint density at radius 3 is 2.88 bits per heavy atom. The highest BCUT2D eigenvalue weighted by Crippen LogP contribution is 2.02. The number of nitrogens with zero attached hydrogens (tertiary/aromatic N) is 3. The van der Waals surface area contributed by atoms with E-state index in [4.69, 9.17) is 0 Å². The van der Waals surface area contributed by atoms with Gasteiger partial charge in [0.1, 0.15) is 0 Å². The minimum atomic E-state index is 0.846. The van der Waals surface area contributed by atoms with Crippen molar-refractivity contribution in [3.63, 3.8) is 0 Å². The summed E-state index contributed by atoms with van der Waals surface area (Å²) in [7, 11) is 0. The van der Waals surface area contributed by atoms with E-state index in [0.717, 1.165) is 31.7 Å². The Labute approximate surface area is 102 Å². The highest BCUT2D eigenvalue weighted by molar-refractivity contribution is 5.09. The molecule has 2 aromatic rings. The molecule has 0 saturated carbocycles. The van der Waals surface area contributed by atoms with Crippen LogP contribution >= 0.6 is 0 Å². The average molecular weight is 230 g/mol. The van der Waals surface area contributed by atoms with Crippen LogP contribution < -0.4 is 5.32 Å². The number of nitrogens with one attached hydrogen (secondary N) is 1. The van der Waals surface area contributed by atoms with Crippen molar-refractivity contribution >= 4 is 0 Å². The van der Waals surface area contributed by atoms with Gasteiger partial charge in [0.15, 0.2) is 0 Å². The van der Waals surface area contributed by atoms with Crippen LogP contribution in [0.25, 0.3) is 0 Å². The van der Waals surface area contributed by atoms with Crippen LogP contribution in [-0.2, 0) is 19.5 Å². The largest absolute Gasteiger partial charge is 0.337 e. The molecule has 0 aromatic carbocycles. The maximum Gasteiger partial charge on any atom is 0.0950 e. The molecule has 4 nitrogen and oxygen atoms in total. The lowest BCUT2D eigenvalue weighted by atomic mass is 10.2. The van der Waals surface area contributed by atoms with E-state index in [9.17, 15) is 0 Å². The fourth-order valence-corrected chi connectivity index (χ4v) is 1.68. The number of hydrogen-bond acceptors (Lipinski definition) is 3. The van der Waals surface area contributed by atoms with Crippen LogP contribution in [0.1, 0.15) is 18.2 Å². The zero-order chi connectivity index (χ0) is 11.9. The van der Waals surface area contributed by atoms with Crippen molar-refractivity contribution in [1.82, 2.24) is 19.9 Å². The highest BCUT2D eigenvalue weighted by atomic mass is 15.0. The third kappa shape index (κ3) is 3.67. The molecule has 2 aromatic heterocycles. The zero-order valence-corrected chi connectivity index (χ0v) is 10.1. The number of rotatable bonds is 6. The van der Waals surface area contributed by atoms with E-state index < -0.39 is 0 Å². The molecule has 0 bridgehead atoms. The summed E-state index contributed by atoms with van der Waals surface area (Å²) in [6.45, 7) is 4.88. The van der Waals surface area contributed by atoms with E-state index in [1.807, 2.05) is 18.7 Å². The molecule has 90 valence electrons. The average Bonchev–Trinajstić information content (AvgIpc) is 2.83. The van der Waals surface area contributed by atoms with Gasteiger partial charge in [-0.2, -0.15) is 0 Å². The van der Waals surface area contributed by atoms with Crippen LogP contribution in [0.4, 0.5) is 0 Å². The van der Waals surface area contributed by atoms with Crippen molar-refractivity contribution < 1.29 is 0 Å². The first-order valence-electron chi connectivity index (χ1n) is 5.98. The quantitative estimate of drug-likeness (QED) is 0.820. The van der Waals surface area contributed by atoms with E-state index in [0.29, 0.717) is 0 Å². The molecule has 0 aliphatic rings. The van der Waals surface area contributed by atoms with E-state index in [-0.39, 0.29) is 0 Å². The molecule has 0 aliphatic carbocycles. The maximum absolute atomic E-state index is 4.35. The van der Waals surface area contributed by atoms with E-state index in [1.54, 1.807) is 0 Å². The van der Waals surface area contributed by atoms with Crippen molar-refractivity contribution in [3.8, 4) is 0 Å². The summed E-state index contributed by atoms with van der Waals surface area (Å²) >= 11 is 0. The molecule has 2 rings (SSSR count). The van der Waals surface area contributed by atoms with Gasteiger partial charge < -0.3 is 9.88 Å². The van der Waals surface area contributed by atoms with Crippen molar-refractivity contribution in [2.45, 2.75) is 26.4 Å². The van der Waals surface area contributed by atoms with Gasteiger partial charge in [0, 0.05) is 31.7 Å². The molecule has 0 spiro atoms. The van der Waals surface area contributed by atoms with Gasteiger partial charge in [-0.05, 0) is 30.7 Å². The van der Waals surface area contributed by atoms with Gasteiger partial charge in [-0.25, -0.2) is 4.98 Å². The van der Waals surface area contributed by atoms with E-state index >= 15 is 0 Å². The topological polar surface area (TPSA) is 42.7 Å². The minimum Gasteiger partial charge on any atom is -0.337 e. The summed E-state index contributed by atoms with van der Waals surface area (Å²) in [5, 5.41) is 3.27. The SMILES string of the molecule is CCNCc1cn(CCc2ccncc2)cn1. The molecule has 2 heterocycles. The van der Waals surface area contributed by atoms with E-state index in [1.165, 1.54) is 5.56 Å². The molecule has 0 fully saturated rings. The Kier molecular flexibility index (Phi) is 4.27. The van der Waals surface area contributed by atoms with Crippen LogP contribution in [0, 0.1) is 0 Å². The highest BCUT2D eigenvalue weighted by Gasteiger charge is 1.98. The molecule has 0 atom stereocenters. The van der Waals surface area contributed by atoms with Crippen molar-refractivity contribution in [2.24, 2.45) is 0 Å². The monoisotopic (exact) mass is 230 g/mol. The van der Waals surface area contributed by atoms with Crippen molar-refractivity contribution in [3.05, 3.63) is 48.3 Å². The van der Waals surface area contributed by atoms with Gasteiger partial charge in [0.2, 0.25) is 0 Å². The summed E-state index contributed by atoms with van der Waals surface area (Å²) in [5.41, 5.74) is 2.41. The predicted octanol–water partition coefficient (Wildman–Crippen LogP) is 1.63. The molecule has 0 amide bonds. The Hall–Kier alpha value is -1.68. The Morgan fingerprint density at radius 2 is 2.12 bits per heavy atom. The molecule has 4 heteroatoms. The predicted molar refractivity (Wildman–Crippen MR) is 67.5 cm³/mol. The normalized spacial score (nSPS) is 10.6. The number of aromatic nitrogens is 3. The van der Waals surface area contributed by atoms with Crippen LogP contribution in [0.5, 0.6) is 0 Å². The third-order valence-electron chi connectivity index (χ3n) is 2.65.